The third-order valence-electron chi connectivity index (χ3n) is 3.26. The lowest BCUT2D eigenvalue weighted by Crippen LogP contribution is -2.33. The molecule has 1 N–H and O–H groups in total. The van der Waals surface area contributed by atoms with E-state index in [4.69, 9.17) is 4.74 Å². The molecule has 1 amide bonds. The first-order valence-electron chi connectivity index (χ1n) is 7.01. The van der Waals surface area contributed by atoms with Gasteiger partial charge in [0.1, 0.15) is 0 Å². The van der Waals surface area contributed by atoms with Gasteiger partial charge in [0.25, 0.3) is 5.91 Å². The number of nitrogens with zero attached hydrogens (tertiary/aromatic N) is 1. The van der Waals surface area contributed by atoms with Crippen LogP contribution >= 0.6 is 0 Å². The smallest absolute Gasteiger partial charge is 0.253 e. The highest BCUT2D eigenvalue weighted by Gasteiger charge is 2.19. The second kappa shape index (κ2) is 7.02. The van der Waals surface area contributed by atoms with E-state index in [1.807, 2.05) is 0 Å². The van der Waals surface area contributed by atoms with Gasteiger partial charge in [0.2, 0.25) is 10.0 Å². The molecule has 1 heterocycles. The summed E-state index contributed by atoms with van der Waals surface area (Å²) in [5.41, 5.74) is 0.493. The van der Waals surface area contributed by atoms with Crippen LogP contribution in [0.2, 0.25) is 0 Å². The Kier molecular flexibility index (Phi) is 5.33. The van der Waals surface area contributed by atoms with Gasteiger partial charge in [0.05, 0.1) is 11.5 Å². The molecule has 0 atom stereocenters. The Morgan fingerprint density at radius 2 is 1.95 bits per heavy atom. The van der Waals surface area contributed by atoms with Gasteiger partial charge in [-0.3, -0.25) is 4.79 Å². The van der Waals surface area contributed by atoms with Crippen molar-refractivity contribution >= 4 is 15.9 Å². The van der Waals surface area contributed by atoms with Crippen LogP contribution in [0.1, 0.15) is 23.7 Å². The number of hydrogen-bond acceptors (Lipinski definition) is 4. The molecule has 21 heavy (non-hydrogen) atoms. The number of nitrogens with one attached hydrogen (secondary N) is 1. The molecule has 1 aromatic rings. The summed E-state index contributed by atoms with van der Waals surface area (Å²) in [4.78, 5) is 14.2. The van der Waals surface area contributed by atoms with E-state index in [1.165, 1.54) is 12.1 Å². The van der Waals surface area contributed by atoms with Crippen LogP contribution in [0.4, 0.5) is 0 Å². The summed E-state index contributed by atoms with van der Waals surface area (Å²) in [5, 5.41) is 0. The Bertz CT molecular complexity index is 575. The normalized spacial score (nSPS) is 16.5. The molecule has 1 aromatic carbocycles. The molecule has 0 bridgehead atoms. The number of rotatable bonds is 4. The minimum absolute atomic E-state index is 0.0899. The minimum Gasteiger partial charge on any atom is -0.380 e. The number of carbonyl (C=O) groups excluding carboxylic acids is 1. The molecule has 6 nitrogen and oxygen atoms in total. The van der Waals surface area contributed by atoms with E-state index in [9.17, 15) is 13.2 Å². The molecule has 0 spiro atoms. The summed E-state index contributed by atoms with van der Waals surface area (Å²) in [6.07, 6.45) is 0.818. The number of ether oxygens (including phenoxy) is 1. The van der Waals surface area contributed by atoms with Gasteiger partial charge >= 0.3 is 0 Å². The number of sulfonamides is 1. The van der Waals surface area contributed by atoms with Crippen molar-refractivity contribution in [2.24, 2.45) is 0 Å². The van der Waals surface area contributed by atoms with Crippen molar-refractivity contribution < 1.29 is 17.9 Å². The van der Waals surface area contributed by atoms with E-state index in [0.29, 0.717) is 38.4 Å². The third-order valence-corrected chi connectivity index (χ3v) is 4.82. The van der Waals surface area contributed by atoms with Crippen LogP contribution in [-0.4, -0.2) is 52.1 Å². The number of hydrogen-bond donors (Lipinski definition) is 1. The van der Waals surface area contributed by atoms with Crippen molar-refractivity contribution in [3.63, 3.8) is 0 Å². The first-order valence-corrected chi connectivity index (χ1v) is 8.49. The van der Waals surface area contributed by atoms with Gasteiger partial charge in [0, 0.05) is 31.8 Å². The van der Waals surface area contributed by atoms with E-state index in [1.54, 1.807) is 24.0 Å². The zero-order valence-corrected chi connectivity index (χ0v) is 12.9. The topological polar surface area (TPSA) is 75.7 Å². The average Bonchev–Trinajstić information content (AvgIpc) is 2.76. The number of amides is 1. The zero-order chi connectivity index (χ0) is 15.3. The molecule has 116 valence electrons. The van der Waals surface area contributed by atoms with Crippen molar-refractivity contribution in [1.29, 1.82) is 0 Å². The third kappa shape index (κ3) is 4.03. The van der Waals surface area contributed by atoms with Gasteiger partial charge in [-0.1, -0.05) is 6.92 Å². The van der Waals surface area contributed by atoms with Crippen LogP contribution in [0, 0.1) is 0 Å². The van der Waals surface area contributed by atoms with Gasteiger partial charge in [-0.15, -0.1) is 0 Å². The molecule has 1 fully saturated rings. The highest BCUT2D eigenvalue weighted by molar-refractivity contribution is 7.89. The summed E-state index contributed by atoms with van der Waals surface area (Å²) in [6, 6.07) is 6.02. The lowest BCUT2D eigenvalue weighted by Gasteiger charge is -2.19. The van der Waals surface area contributed by atoms with Gasteiger partial charge in [0.15, 0.2) is 0 Å². The molecular formula is C14H20N2O4S. The van der Waals surface area contributed by atoms with Crippen LogP contribution in [-0.2, 0) is 14.8 Å². The Labute approximate surface area is 125 Å². The molecule has 1 aliphatic heterocycles. The van der Waals surface area contributed by atoms with Crippen LogP contribution < -0.4 is 4.72 Å². The van der Waals surface area contributed by atoms with Crippen molar-refractivity contribution in [2.75, 3.05) is 32.8 Å². The number of benzene rings is 1. The average molecular weight is 312 g/mol. The van der Waals surface area contributed by atoms with Crippen molar-refractivity contribution in [3.8, 4) is 0 Å². The number of carbonyl (C=O) groups is 1. The molecule has 7 heteroatoms. The molecule has 0 unspecified atom stereocenters. The van der Waals surface area contributed by atoms with Crippen molar-refractivity contribution in [1.82, 2.24) is 9.62 Å². The van der Waals surface area contributed by atoms with Crippen LogP contribution in [0.15, 0.2) is 29.2 Å². The molecule has 0 saturated carbocycles. The van der Waals surface area contributed by atoms with Crippen molar-refractivity contribution in [3.05, 3.63) is 29.8 Å². The van der Waals surface area contributed by atoms with E-state index in [-0.39, 0.29) is 10.8 Å². The van der Waals surface area contributed by atoms with Gasteiger partial charge in [-0.05, 0) is 30.7 Å². The molecular weight excluding hydrogens is 292 g/mol. The van der Waals surface area contributed by atoms with Crippen LogP contribution in [0.5, 0.6) is 0 Å². The minimum atomic E-state index is -3.48. The monoisotopic (exact) mass is 312 g/mol. The molecule has 2 rings (SSSR count). The maximum atomic E-state index is 12.3. The van der Waals surface area contributed by atoms with Gasteiger partial charge in [-0.2, -0.15) is 0 Å². The standard InChI is InChI=1S/C14H20N2O4S/c1-2-15-21(18,19)13-6-4-12(5-7-13)14(17)16-8-3-10-20-11-9-16/h4-7,15H,2-3,8-11H2,1H3. The maximum absolute atomic E-state index is 12.3. The largest absolute Gasteiger partial charge is 0.380 e. The lowest BCUT2D eigenvalue weighted by atomic mass is 10.2. The highest BCUT2D eigenvalue weighted by atomic mass is 32.2. The van der Waals surface area contributed by atoms with Crippen LogP contribution in [0.25, 0.3) is 0 Å². The second-order valence-electron chi connectivity index (χ2n) is 4.78. The van der Waals surface area contributed by atoms with Gasteiger partial charge in [-0.25, -0.2) is 13.1 Å². The maximum Gasteiger partial charge on any atom is 0.253 e. The Hall–Kier alpha value is -1.44. The predicted octanol–water partition coefficient (Wildman–Crippen LogP) is 0.847. The van der Waals surface area contributed by atoms with E-state index >= 15 is 0 Å². The quantitative estimate of drug-likeness (QED) is 0.894. The van der Waals surface area contributed by atoms with Crippen LogP contribution in [0.3, 0.4) is 0 Å². The first-order chi connectivity index (χ1) is 10.0. The fourth-order valence-electron chi connectivity index (χ4n) is 2.18. The summed E-state index contributed by atoms with van der Waals surface area (Å²) < 4.78 is 31.4. The fourth-order valence-corrected chi connectivity index (χ4v) is 3.22. The second-order valence-corrected chi connectivity index (χ2v) is 6.55. The van der Waals surface area contributed by atoms with E-state index in [2.05, 4.69) is 4.72 Å². The molecule has 1 aliphatic rings. The first kappa shape index (κ1) is 15.9. The predicted molar refractivity (Wildman–Crippen MR) is 78.6 cm³/mol. The zero-order valence-electron chi connectivity index (χ0n) is 12.0. The summed E-state index contributed by atoms with van der Waals surface area (Å²) >= 11 is 0. The van der Waals surface area contributed by atoms with E-state index < -0.39 is 10.0 Å². The molecule has 0 radical (unpaired) electrons. The Balaban J connectivity index is 2.13. The fraction of sp³-hybridized carbons (Fsp3) is 0.500. The molecule has 0 aromatic heterocycles. The lowest BCUT2D eigenvalue weighted by molar-refractivity contribution is 0.0741. The molecule has 0 aliphatic carbocycles. The summed E-state index contributed by atoms with van der Waals surface area (Å²) in [6.45, 7) is 4.49. The highest BCUT2D eigenvalue weighted by Crippen LogP contribution is 2.13. The van der Waals surface area contributed by atoms with Gasteiger partial charge < -0.3 is 9.64 Å². The van der Waals surface area contributed by atoms with E-state index in [0.717, 1.165) is 6.42 Å². The summed E-state index contributed by atoms with van der Waals surface area (Å²) in [7, 11) is -3.48. The molecule has 1 saturated heterocycles. The SMILES string of the molecule is CCNS(=O)(=O)c1ccc(C(=O)N2CCCOCC2)cc1. The summed E-state index contributed by atoms with van der Waals surface area (Å²) in [5.74, 6) is -0.0899. The Morgan fingerprint density at radius 1 is 1.24 bits per heavy atom. The Morgan fingerprint density at radius 3 is 2.62 bits per heavy atom. The van der Waals surface area contributed by atoms with Crippen molar-refractivity contribution in [2.45, 2.75) is 18.2 Å².